The van der Waals surface area contributed by atoms with Crippen molar-refractivity contribution in [2.24, 2.45) is 5.10 Å². The molecule has 10 heteroatoms. The van der Waals surface area contributed by atoms with Crippen LogP contribution in [0.3, 0.4) is 0 Å². The molecule has 1 aliphatic rings. The van der Waals surface area contributed by atoms with Crippen LogP contribution in [0.15, 0.2) is 53.6 Å². The van der Waals surface area contributed by atoms with E-state index in [1.807, 2.05) is 42.5 Å². The van der Waals surface area contributed by atoms with E-state index in [4.69, 9.17) is 14.2 Å². The summed E-state index contributed by atoms with van der Waals surface area (Å²) in [5, 5.41) is 7.58. The molecular weight excluding hydrogens is 422 g/mol. The minimum atomic E-state index is 0.339. The molecule has 0 amide bonds. The number of methoxy groups -OCH3 is 2. The van der Waals surface area contributed by atoms with Gasteiger partial charge in [0.15, 0.2) is 0 Å². The molecule has 0 aliphatic carbocycles. The summed E-state index contributed by atoms with van der Waals surface area (Å²) in [5.41, 5.74) is 4.83. The van der Waals surface area contributed by atoms with E-state index in [0.717, 1.165) is 11.1 Å². The van der Waals surface area contributed by atoms with Gasteiger partial charge in [0, 0.05) is 31.3 Å². The molecule has 1 aromatic heterocycles. The maximum absolute atomic E-state index is 5.45. The highest BCUT2D eigenvalue weighted by atomic mass is 16.5. The summed E-state index contributed by atoms with van der Waals surface area (Å²) in [5.74, 6) is 2.73. The summed E-state index contributed by atoms with van der Waals surface area (Å²) in [6, 6.07) is 15.6. The molecule has 0 bridgehead atoms. The van der Waals surface area contributed by atoms with E-state index in [-0.39, 0.29) is 0 Å². The summed E-state index contributed by atoms with van der Waals surface area (Å²) in [6.45, 7) is 3.30. The predicted octanol–water partition coefficient (Wildman–Crippen LogP) is 2.78. The Bertz CT molecular complexity index is 1070. The van der Waals surface area contributed by atoms with Crippen LogP contribution in [0.4, 0.5) is 17.8 Å². The molecule has 1 aliphatic heterocycles. The van der Waals surface area contributed by atoms with Gasteiger partial charge in [-0.2, -0.15) is 20.1 Å². The number of anilines is 3. The summed E-state index contributed by atoms with van der Waals surface area (Å²) in [6.07, 6.45) is 1.65. The minimum Gasteiger partial charge on any atom is -0.497 e. The monoisotopic (exact) mass is 449 g/mol. The van der Waals surface area contributed by atoms with Gasteiger partial charge in [-0.05, 0) is 17.7 Å². The van der Waals surface area contributed by atoms with E-state index in [1.54, 1.807) is 26.5 Å². The quantitative estimate of drug-likeness (QED) is 0.377. The number of hydrazone groups is 1. The van der Waals surface area contributed by atoms with Gasteiger partial charge in [-0.1, -0.05) is 30.3 Å². The fourth-order valence-electron chi connectivity index (χ4n) is 3.26. The second-order valence-corrected chi connectivity index (χ2v) is 7.20. The molecule has 1 saturated heterocycles. The maximum Gasteiger partial charge on any atom is 0.250 e. The van der Waals surface area contributed by atoms with E-state index in [0.29, 0.717) is 62.2 Å². The van der Waals surface area contributed by atoms with Crippen LogP contribution in [0.2, 0.25) is 0 Å². The first-order valence-corrected chi connectivity index (χ1v) is 10.6. The molecule has 4 rings (SSSR count). The molecule has 3 aromatic rings. The van der Waals surface area contributed by atoms with E-state index < -0.39 is 0 Å². The minimum absolute atomic E-state index is 0.339. The zero-order valence-corrected chi connectivity index (χ0v) is 18.7. The predicted molar refractivity (Wildman–Crippen MR) is 127 cm³/mol. The Morgan fingerprint density at radius 1 is 1.00 bits per heavy atom. The number of hydrogen-bond acceptors (Lipinski definition) is 10. The zero-order chi connectivity index (χ0) is 22.9. The van der Waals surface area contributed by atoms with Gasteiger partial charge in [0.25, 0.3) is 0 Å². The molecule has 0 radical (unpaired) electrons. The molecule has 2 heterocycles. The van der Waals surface area contributed by atoms with Crippen molar-refractivity contribution >= 4 is 24.1 Å². The van der Waals surface area contributed by atoms with Gasteiger partial charge in [-0.15, -0.1) is 0 Å². The van der Waals surface area contributed by atoms with Crippen LogP contribution in [0, 0.1) is 0 Å². The number of morpholine rings is 1. The molecule has 2 aromatic carbocycles. The first-order chi connectivity index (χ1) is 16.2. The molecule has 33 heavy (non-hydrogen) atoms. The molecule has 0 unspecified atom stereocenters. The van der Waals surface area contributed by atoms with Crippen molar-refractivity contribution in [1.82, 2.24) is 15.0 Å². The van der Waals surface area contributed by atoms with Gasteiger partial charge in [-0.25, -0.2) is 5.43 Å². The van der Waals surface area contributed by atoms with Crippen molar-refractivity contribution in [3.05, 3.63) is 59.7 Å². The lowest BCUT2D eigenvalue weighted by molar-refractivity contribution is 0.122. The molecule has 10 nitrogen and oxygen atoms in total. The Hall–Kier alpha value is -3.92. The maximum atomic E-state index is 5.45. The van der Waals surface area contributed by atoms with Gasteiger partial charge in [0.2, 0.25) is 17.8 Å². The number of hydrogen-bond donors (Lipinski definition) is 2. The number of rotatable bonds is 9. The number of aromatic nitrogens is 3. The van der Waals surface area contributed by atoms with Crippen molar-refractivity contribution in [1.29, 1.82) is 0 Å². The fraction of sp³-hybridized carbons (Fsp3) is 0.304. The topological polar surface area (TPSA) is 106 Å². The molecular formula is C23H27N7O3. The zero-order valence-electron chi connectivity index (χ0n) is 18.7. The first kappa shape index (κ1) is 22.3. The Balaban J connectivity index is 1.52. The van der Waals surface area contributed by atoms with Crippen LogP contribution in [0.25, 0.3) is 0 Å². The molecule has 0 spiro atoms. The summed E-state index contributed by atoms with van der Waals surface area (Å²) < 4.78 is 16.1. The smallest absolute Gasteiger partial charge is 0.250 e. The second kappa shape index (κ2) is 11.1. The van der Waals surface area contributed by atoms with Gasteiger partial charge in [0.1, 0.15) is 11.5 Å². The number of nitrogens with zero attached hydrogens (tertiary/aromatic N) is 5. The summed E-state index contributed by atoms with van der Waals surface area (Å²) >= 11 is 0. The second-order valence-electron chi connectivity index (χ2n) is 7.20. The van der Waals surface area contributed by atoms with E-state index >= 15 is 0 Å². The van der Waals surface area contributed by atoms with Crippen LogP contribution in [0.1, 0.15) is 11.1 Å². The third kappa shape index (κ3) is 6.07. The number of ether oxygens (including phenoxy) is 3. The Kier molecular flexibility index (Phi) is 7.49. The Labute approximate surface area is 192 Å². The summed E-state index contributed by atoms with van der Waals surface area (Å²) in [4.78, 5) is 15.7. The van der Waals surface area contributed by atoms with Crippen LogP contribution in [0.5, 0.6) is 11.5 Å². The number of nitrogens with one attached hydrogen (secondary N) is 2. The van der Waals surface area contributed by atoms with Crippen molar-refractivity contribution in [2.75, 3.05) is 56.2 Å². The van der Waals surface area contributed by atoms with Gasteiger partial charge in [0.05, 0.1) is 33.6 Å². The highest BCUT2D eigenvalue weighted by molar-refractivity contribution is 5.84. The average Bonchev–Trinajstić information content (AvgIpc) is 2.88. The van der Waals surface area contributed by atoms with Crippen LogP contribution >= 0.6 is 0 Å². The number of benzene rings is 2. The van der Waals surface area contributed by atoms with Crippen LogP contribution in [-0.4, -0.2) is 61.7 Å². The highest BCUT2D eigenvalue weighted by Gasteiger charge is 2.16. The first-order valence-electron chi connectivity index (χ1n) is 10.6. The lowest BCUT2D eigenvalue weighted by Gasteiger charge is -2.27. The lowest BCUT2D eigenvalue weighted by atomic mass is 10.2. The van der Waals surface area contributed by atoms with Crippen molar-refractivity contribution in [3.63, 3.8) is 0 Å². The molecule has 0 saturated carbocycles. The van der Waals surface area contributed by atoms with Crippen LogP contribution < -0.4 is 25.1 Å². The van der Waals surface area contributed by atoms with Gasteiger partial charge in [-0.3, -0.25) is 0 Å². The largest absolute Gasteiger partial charge is 0.497 e. The van der Waals surface area contributed by atoms with Gasteiger partial charge >= 0.3 is 0 Å². The molecule has 172 valence electrons. The highest BCUT2D eigenvalue weighted by Crippen LogP contribution is 2.23. The van der Waals surface area contributed by atoms with Crippen LogP contribution in [-0.2, 0) is 11.3 Å². The van der Waals surface area contributed by atoms with E-state index in [9.17, 15) is 0 Å². The third-order valence-corrected chi connectivity index (χ3v) is 5.02. The summed E-state index contributed by atoms with van der Waals surface area (Å²) in [7, 11) is 3.21. The lowest BCUT2D eigenvalue weighted by Crippen LogP contribution is -2.37. The molecule has 0 atom stereocenters. The van der Waals surface area contributed by atoms with Crippen molar-refractivity contribution < 1.29 is 14.2 Å². The average molecular weight is 450 g/mol. The Morgan fingerprint density at radius 3 is 2.55 bits per heavy atom. The SMILES string of the molecule is COc1ccc(/C=N\Nc2nc(NCc3ccccc3)nc(N3CCOCC3)n2)c(OC)c1. The normalized spacial score (nSPS) is 13.7. The standard InChI is InChI=1S/C23H27N7O3/c1-31-19-9-8-18(20(14-19)32-2)16-25-29-22-26-21(24-15-17-6-4-3-5-7-17)27-23(28-22)30-10-12-33-13-11-30/h3-9,14,16H,10-13,15H2,1-2H3,(H2,24,26,27,28,29)/b25-16-. The van der Waals surface area contributed by atoms with E-state index in [1.165, 1.54) is 0 Å². The fourth-order valence-corrected chi connectivity index (χ4v) is 3.26. The van der Waals surface area contributed by atoms with Gasteiger partial charge < -0.3 is 24.4 Å². The Morgan fingerprint density at radius 2 is 1.79 bits per heavy atom. The molecule has 1 fully saturated rings. The third-order valence-electron chi connectivity index (χ3n) is 5.02. The van der Waals surface area contributed by atoms with Crippen molar-refractivity contribution in [3.8, 4) is 11.5 Å². The van der Waals surface area contributed by atoms with E-state index in [2.05, 4.69) is 35.7 Å². The molecule has 2 N–H and O–H groups in total. The van der Waals surface area contributed by atoms with Crippen molar-refractivity contribution in [2.45, 2.75) is 6.54 Å².